The van der Waals surface area contributed by atoms with E-state index in [2.05, 4.69) is 10.3 Å². The van der Waals surface area contributed by atoms with Crippen LogP contribution in [0.3, 0.4) is 0 Å². The summed E-state index contributed by atoms with van der Waals surface area (Å²) in [6.07, 6.45) is 4.46. The molecule has 0 spiro atoms. The van der Waals surface area contributed by atoms with Crippen molar-refractivity contribution in [3.05, 3.63) is 69.5 Å². The van der Waals surface area contributed by atoms with Gasteiger partial charge in [-0.3, -0.25) is 9.78 Å². The number of hydrogen-bond acceptors (Lipinski definition) is 4. The zero-order valence-electron chi connectivity index (χ0n) is 14.7. The molecule has 7 heteroatoms. The topological polar surface area (TPSA) is 84.2 Å². The standard InChI is InChI=1S/C20H18FN3O3/c1-2-24-10-13(20(26)27)19(25)12-8-14(21)11(9-18(12)24)15-5-6-16-17(23-15)4-3-7-22-16/h3-4,7-10,15,23H,2,5-6H2,1H3,(H,26,27). The first-order valence-electron chi connectivity index (χ1n) is 8.80. The molecule has 0 bridgehead atoms. The summed E-state index contributed by atoms with van der Waals surface area (Å²) in [5, 5.41) is 12.6. The number of carboxylic acid groups (broad SMARTS) is 1. The summed E-state index contributed by atoms with van der Waals surface area (Å²) >= 11 is 0. The normalized spacial score (nSPS) is 16.0. The number of hydrogen-bond donors (Lipinski definition) is 2. The first-order chi connectivity index (χ1) is 13.0. The Bertz CT molecular complexity index is 1120. The maximum absolute atomic E-state index is 14.9. The largest absolute Gasteiger partial charge is 0.477 e. The van der Waals surface area contributed by atoms with Crippen LogP contribution in [0.4, 0.5) is 10.1 Å². The quantitative estimate of drug-likeness (QED) is 0.742. The molecule has 0 radical (unpaired) electrons. The summed E-state index contributed by atoms with van der Waals surface area (Å²) in [5.74, 6) is -1.83. The number of carbonyl (C=O) groups is 1. The van der Waals surface area contributed by atoms with Crippen molar-refractivity contribution in [2.45, 2.75) is 32.4 Å². The zero-order valence-corrected chi connectivity index (χ0v) is 14.7. The van der Waals surface area contributed by atoms with E-state index in [9.17, 15) is 19.1 Å². The molecule has 2 aromatic heterocycles. The molecular formula is C20H18FN3O3. The fourth-order valence-corrected chi connectivity index (χ4v) is 3.65. The van der Waals surface area contributed by atoms with Crippen LogP contribution in [0.1, 0.15) is 41.0 Å². The van der Waals surface area contributed by atoms with E-state index in [1.54, 1.807) is 16.8 Å². The van der Waals surface area contributed by atoms with E-state index in [0.717, 1.165) is 23.9 Å². The maximum atomic E-state index is 14.9. The molecule has 0 saturated carbocycles. The molecule has 0 amide bonds. The molecule has 0 fully saturated rings. The minimum absolute atomic E-state index is 0.0795. The predicted octanol–water partition coefficient (Wildman–Crippen LogP) is 3.35. The van der Waals surface area contributed by atoms with Gasteiger partial charge in [0.2, 0.25) is 5.43 Å². The van der Waals surface area contributed by atoms with Gasteiger partial charge in [-0.15, -0.1) is 0 Å². The van der Waals surface area contributed by atoms with Crippen molar-refractivity contribution in [1.29, 1.82) is 0 Å². The Morgan fingerprint density at radius 2 is 2.26 bits per heavy atom. The lowest BCUT2D eigenvalue weighted by molar-refractivity contribution is 0.0695. The van der Waals surface area contributed by atoms with Gasteiger partial charge in [0.15, 0.2) is 0 Å². The number of aromatic carboxylic acids is 1. The van der Waals surface area contributed by atoms with Gasteiger partial charge in [0.25, 0.3) is 0 Å². The second kappa shape index (κ2) is 6.50. The molecule has 3 heterocycles. The molecule has 1 aliphatic rings. The van der Waals surface area contributed by atoms with Crippen LogP contribution in [-0.2, 0) is 13.0 Å². The lowest BCUT2D eigenvalue weighted by atomic mass is 9.94. The molecule has 27 heavy (non-hydrogen) atoms. The second-order valence-corrected chi connectivity index (χ2v) is 6.59. The van der Waals surface area contributed by atoms with Gasteiger partial charge in [-0.2, -0.15) is 0 Å². The Morgan fingerprint density at radius 3 is 3.00 bits per heavy atom. The highest BCUT2D eigenvalue weighted by Gasteiger charge is 2.24. The van der Waals surface area contributed by atoms with Gasteiger partial charge in [-0.05, 0) is 44.0 Å². The minimum atomic E-state index is -1.31. The number of aryl methyl sites for hydroxylation is 2. The van der Waals surface area contributed by atoms with Crippen molar-refractivity contribution < 1.29 is 14.3 Å². The zero-order chi connectivity index (χ0) is 19.1. The molecule has 2 N–H and O–H groups in total. The van der Waals surface area contributed by atoms with Crippen molar-refractivity contribution in [1.82, 2.24) is 9.55 Å². The highest BCUT2D eigenvalue weighted by atomic mass is 19.1. The Morgan fingerprint density at radius 1 is 1.44 bits per heavy atom. The monoisotopic (exact) mass is 367 g/mol. The summed E-state index contributed by atoms with van der Waals surface area (Å²) in [7, 11) is 0. The summed E-state index contributed by atoms with van der Waals surface area (Å²) in [5.41, 5.74) is 1.80. The van der Waals surface area contributed by atoms with Crippen molar-refractivity contribution in [2.24, 2.45) is 0 Å². The average Bonchev–Trinajstić information content (AvgIpc) is 2.67. The number of fused-ring (bicyclic) bond motifs is 2. The summed E-state index contributed by atoms with van der Waals surface area (Å²) in [6.45, 7) is 2.31. The average molecular weight is 367 g/mol. The molecule has 1 atom stereocenters. The molecule has 6 nitrogen and oxygen atoms in total. The summed E-state index contributed by atoms with van der Waals surface area (Å²) in [6, 6.07) is 6.30. The molecule has 0 saturated heterocycles. The second-order valence-electron chi connectivity index (χ2n) is 6.59. The molecule has 1 unspecified atom stereocenters. The Hall–Kier alpha value is -3.22. The molecule has 4 rings (SSSR count). The third-order valence-corrected chi connectivity index (χ3v) is 5.03. The number of aromatic nitrogens is 2. The first-order valence-corrected chi connectivity index (χ1v) is 8.80. The van der Waals surface area contributed by atoms with Gasteiger partial charge in [0.1, 0.15) is 11.4 Å². The molecular weight excluding hydrogens is 349 g/mol. The number of pyridine rings is 2. The van der Waals surface area contributed by atoms with Crippen LogP contribution in [0, 0.1) is 5.82 Å². The molecule has 1 aromatic carbocycles. The SMILES string of the molecule is CCn1cc(C(=O)O)c(=O)c2cc(F)c(C3CCc4ncccc4N3)cc21. The Balaban J connectivity index is 1.86. The highest BCUT2D eigenvalue weighted by molar-refractivity contribution is 5.92. The number of anilines is 1. The van der Waals surface area contributed by atoms with Gasteiger partial charge in [0, 0.05) is 29.9 Å². The van der Waals surface area contributed by atoms with E-state index >= 15 is 0 Å². The third kappa shape index (κ3) is 2.85. The van der Waals surface area contributed by atoms with E-state index in [-0.39, 0.29) is 17.0 Å². The smallest absolute Gasteiger partial charge is 0.341 e. The van der Waals surface area contributed by atoms with Crippen molar-refractivity contribution in [2.75, 3.05) is 5.32 Å². The lowest BCUT2D eigenvalue weighted by Crippen LogP contribution is -2.22. The predicted molar refractivity (Wildman–Crippen MR) is 99.7 cm³/mol. The van der Waals surface area contributed by atoms with E-state index in [4.69, 9.17) is 0 Å². The van der Waals surface area contributed by atoms with E-state index in [1.165, 1.54) is 6.20 Å². The summed E-state index contributed by atoms with van der Waals surface area (Å²) in [4.78, 5) is 28.1. The van der Waals surface area contributed by atoms with Crippen LogP contribution >= 0.6 is 0 Å². The van der Waals surface area contributed by atoms with Crippen LogP contribution in [0.15, 0.2) is 41.5 Å². The Kier molecular flexibility index (Phi) is 4.14. The molecule has 3 aromatic rings. The third-order valence-electron chi connectivity index (χ3n) is 5.03. The van der Waals surface area contributed by atoms with E-state index in [1.807, 2.05) is 19.1 Å². The van der Waals surface area contributed by atoms with Crippen molar-refractivity contribution in [3.8, 4) is 0 Å². The van der Waals surface area contributed by atoms with Crippen molar-refractivity contribution in [3.63, 3.8) is 0 Å². The number of benzene rings is 1. The fourth-order valence-electron chi connectivity index (χ4n) is 3.65. The number of halogens is 1. The maximum Gasteiger partial charge on any atom is 0.341 e. The van der Waals surface area contributed by atoms with E-state index < -0.39 is 17.2 Å². The van der Waals surface area contributed by atoms with Gasteiger partial charge in [-0.25, -0.2) is 9.18 Å². The van der Waals surface area contributed by atoms with Gasteiger partial charge in [-0.1, -0.05) is 0 Å². The molecule has 138 valence electrons. The Labute approximate surface area is 154 Å². The van der Waals surface area contributed by atoms with E-state index in [0.29, 0.717) is 24.0 Å². The number of rotatable bonds is 3. The van der Waals surface area contributed by atoms with Crippen LogP contribution in [-0.4, -0.2) is 20.6 Å². The highest BCUT2D eigenvalue weighted by Crippen LogP contribution is 2.33. The van der Waals surface area contributed by atoms with Crippen LogP contribution in [0.25, 0.3) is 10.9 Å². The van der Waals surface area contributed by atoms with Gasteiger partial charge in [0.05, 0.1) is 22.9 Å². The van der Waals surface area contributed by atoms with Gasteiger partial charge < -0.3 is 15.0 Å². The van der Waals surface area contributed by atoms with Crippen LogP contribution in [0.2, 0.25) is 0 Å². The first kappa shape index (κ1) is 17.2. The molecule has 0 aliphatic carbocycles. The van der Waals surface area contributed by atoms with Gasteiger partial charge >= 0.3 is 5.97 Å². The number of nitrogens with zero attached hydrogens (tertiary/aromatic N) is 2. The van der Waals surface area contributed by atoms with Crippen molar-refractivity contribution >= 4 is 22.6 Å². The fraction of sp³-hybridized carbons (Fsp3) is 0.250. The van der Waals surface area contributed by atoms with Crippen LogP contribution in [0.5, 0.6) is 0 Å². The summed E-state index contributed by atoms with van der Waals surface area (Å²) < 4.78 is 16.5. The number of nitrogens with one attached hydrogen (secondary N) is 1. The number of carboxylic acids is 1. The van der Waals surface area contributed by atoms with Crippen LogP contribution < -0.4 is 10.7 Å². The lowest BCUT2D eigenvalue weighted by Gasteiger charge is -2.27. The molecule has 1 aliphatic heterocycles. The minimum Gasteiger partial charge on any atom is -0.477 e.